The minimum atomic E-state index is -0.213. The Kier molecular flexibility index (Phi) is 5.39. The number of carbonyl (C=O) groups excluding carboxylic acids is 2. The van der Waals surface area contributed by atoms with Gasteiger partial charge in [-0.3, -0.25) is 9.59 Å². The second kappa shape index (κ2) is 7.27. The van der Waals surface area contributed by atoms with Crippen LogP contribution in [0.1, 0.15) is 19.3 Å². The van der Waals surface area contributed by atoms with Gasteiger partial charge in [0.15, 0.2) is 0 Å². The third-order valence-electron chi connectivity index (χ3n) is 3.48. The van der Waals surface area contributed by atoms with Gasteiger partial charge in [-0.05, 0) is 43.0 Å². The number of hydrogen-bond donors (Lipinski definition) is 1. The van der Waals surface area contributed by atoms with E-state index in [4.69, 9.17) is 11.6 Å². The molecule has 0 heterocycles. The fraction of sp³-hybridized carbons (Fsp3) is 0.375. The molecule has 1 aromatic carbocycles. The monoisotopic (exact) mass is 306 g/mol. The van der Waals surface area contributed by atoms with Crippen LogP contribution in [0.25, 0.3) is 0 Å². The van der Waals surface area contributed by atoms with E-state index in [1.807, 2.05) is 0 Å². The molecule has 1 atom stereocenters. The van der Waals surface area contributed by atoms with E-state index in [1.165, 1.54) is 4.90 Å². The fourth-order valence-electron chi connectivity index (χ4n) is 2.28. The lowest BCUT2D eigenvalue weighted by Crippen LogP contribution is -2.35. The van der Waals surface area contributed by atoms with Gasteiger partial charge in [-0.15, -0.1) is 0 Å². The zero-order valence-electron chi connectivity index (χ0n) is 12.0. The Morgan fingerprint density at radius 3 is 2.67 bits per heavy atom. The molecular weight excluding hydrogens is 288 g/mol. The van der Waals surface area contributed by atoms with Gasteiger partial charge in [0, 0.05) is 24.2 Å². The Hall–Kier alpha value is -1.81. The van der Waals surface area contributed by atoms with Crippen LogP contribution in [0.3, 0.4) is 0 Å². The number of hydrogen-bond acceptors (Lipinski definition) is 2. The molecule has 0 saturated carbocycles. The Bertz CT molecular complexity index is 540. The SMILES string of the molecule is CN(CC(=O)Nc1ccc(Cl)cc1)C(=O)CC1C=CCC1. The third kappa shape index (κ3) is 4.90. The highest BCUT2D eigenvalue weighted by molar-refractivity contribution is 6.30. The van der Waals surface area contributed by atoms with Gasteiger partial charge in [0.05, 0.1) is 6.54 Å². The molecule has 1 aliphatic carbocycles. The highest BCUT2D eigenvalue weighted by Gasteiger charge is 2.18. The number of rotatable bonds is 5. The summed E-state index contributed by atoms with van der Waals surface area (Å²) in [6.07, 6.45) is 6.72. The van der Waals surface area contributed by atoms with Gasteiger partial charge in [-0.2, -0.15) is 0 Å². The highest BCUT2D eigenvalue weighted by Crippen LogP contribution is 2.21. The molecule has 0 bridgehead atoms. The zero-order chi connectivity index (χ0) is 15.2. The summed E-state index contributed by atoms with van der Waals surface area (Å²) in [4.78, 5) is 25.4. The molecule has 2 amide bonds. The van der Waals surface area contributed by atoms with Gasteiger partial charge >= 0.3 is 0 Å². The van der Waals surface area contributed by atoms with Crippen molar-refractivity contribution in [2.45, 2.75) is 19.3 Å². The van der Waals surface area contributed by atoms with E-state index in [0.717, 1.165) is 12.8 Å². The lowest BCUT2D eigenvalue weighted by Gasteiger charge is -2.18. The Morgan fingerprint density at radius 1 is 1.33 bits per heavy atom. The number of halogens is 1. The van der Waals surface area contributed by atoms with Crippen molar-refractivity contribution in [1.29, 1.82) is 0 Å². The second-order valence-corrected chi connectivity index (χ2v) is 5.71. The van der Waals surface area contributed by atoms with Gasteiger partial charge in [-0.1, -0.05) is 23.8 Å². The van der Waals surface area contributed by atoms with Gasteiger partial charge in [0.2, 0.25) is 11.8 Å². The number of nitrogens with one attached hydrogen (secondary N) is 1. The number of amides is 2. The van der Waals surface area contributed by atoms with E-state index < -0.39 is 0 Å². The number of likely N-dealkylation sites (N-methyl/N-ethyl adjacent to an activating group) is 1. The molecule has 0 aromatic heterocycles. The first-order valence-corrected chi connectivity index (χ1v) is 7.38. The van der Waals surface area contributed by atoms with E-state index in [-0.39, 0.29) is 18.4 Å². The largest absolute Gasteiger partial charge is 0.336 e. The standard InChI is InChI=1S/C16H19ClN2O2/c1-19(16(21)10-12-4-2-3-5-12)11-15(20)18-14-8-6-13(17)7-9-14/h2,4,6-9,12H,3,5,10-11H2,1H3,(H,18,20). The van der Waals surface area contributed by atoms with E-state index in [9.17, 15) is 9.59 Å². The van der Waals surface area contributed by atoms with Crippen molar-refractivity contribution in [3.8, 4) is 0 Å². The van der Waals surface area contributed by atoms with E-state index in [0.29, 0.717) is 23.0 Å². The molecule has 1 aliphatic rings. The maximum absolute atomic E-state index is 12.0. The maximum Gasteiger partial charge on any atom is 0.243 e. The molecule has 1 unspecified atom stereocenters. The summed E-state index contributed by atoms with van der Waals surface area (Å²) >= 11 is 5.78. The number of anilines is 1. The molecule has 112 valence electrons. The van der Waals surface area contributed by atoms with Crippen molar-refractivity contribution in [3.05, 3.63) is 41.4 Å². The number of benzene rings is 1. The predicted octanol–water partition coefficient (Wildman–Crippen LogP) is 3.09. The third-order valence-corrected chi connectivity index (χ3v) is 3.74. The van der Waals surface area contributed by atoms with Crippen LogP contribution in [-0.4, -0.2) is 30.3 Å². The van der Waals surface area contributed by atoms with Crippen molar-refractivity contribution in [3.63, 3.8) is 0 Å². The van der Waals surface area contributed by atoms with Crippen molar-refractivity contribution in [2.75, 3.05) is 18.9 Å². The lowest BCUT2D eigenvalue weighted by atomic mass is 10.0. The van der Waals surface area contributed by atoms with Crippen LogP contribution in [-0.2, 0) is 9.59 Å². The Morgan fingerprint density at radius 2 is 2.05 bits per heavy atom. The molecule has 1 aromatic rings. The summed E-state index contributed by atoms with van der Waals surface area (Å²) in [5.41, 5.74) is 0.670. The first-order valence-electron chi connectivity index (χ1n) is 7.00. The topological polar surface area (TPSA) is 49.4 Å². The van der Waals surface area contributed by atoms with Crippen molar-refractivity contribution in [1.82, 2.24) is 4.90 Å². The van der Waals surface area contributed by atoms with Crippen molar-refractivity contribution >= 4 is 29.1 Å². The second-order valence-electron chi connectivity index (χ2n) is 5.27. The van der Waals surface area contributed by atoms with Crippen LogP contribution >= 0.6 is 11.6 Å². The number of carbonyl (C=O) groups is 2. The summed E-state index contributed by atoms with van der Waals surface area (Å²) in [7, 11) is 1.66. The molecule has 0 spiro atoms. The average molecular weight is 307 g/mol. The fourth-order valence-corrected chi connectivity index (χ4v) is 2.41. The van der Waals surface area contributed by atoms with Crippen molar-refractivity contribution in [2.24, 2.45) is 5.92 Å². The van der Waals surface area contributed by atoms with Crippen LogP contribution in [0.4, 0.5) is 5.69 Å². The van der Waals surface area contributed by atoms with Crippen LogP contribution < -0.4 is 5.32 Å². The minimum Gasteiger partial charge on any atom is -0.336 e. The zero-order valence-corrected chi connectivity index (χ0v) is 12.8. The maximum atomic E-state index is 12.0. The van der Waals surface area contributed by atoms with Gasteiger partial charge < -0.3 is 10.2 Å². The molecule has 4 nitrogen and oxygen atoms in total. The number of nitrogens with zero attached hydrogens (tertiary/aromatic N) is 1. The van der Waals surface area contributed by atoms with Crippen LogP contribution in [0.15, 0.2) is 36.4 Å². The predicted molar refractivity (Wildman–Crippen MR) is 84.2 cm³/mol. The molecule has 1 N–H and O–H groups in total. The summed E-state index contributed by atoms with van der Waals surface area (Å²) in [6, 6.07) is 6.87. The summed E-state index contributed by atoms with van der Waals surface area (Å²) in [6.45, 7) is 0.0535. The highest BCUT2D eigenvalue weighted by atomic mass is 35.5. The summed E-state index contributed by atoms with van der Waals surface area (Å²) in [5.74, 6) is 0.104. The first-order chi connectivity index (χ1) is 10.0. The van der Waals surface area contributed by atoms with E-state index in [2.05, 4.69) is 17.5 Å². The van der Waals surface area contributed by atoms with Crippen LogP contribution in [0.5, 0.6) is 0 Å². The molecule has 0 saturated heterocycles. The van der Waals surface area contributed by atoms with E-state index >= 15 is 0 Å². The van der Waals surface area contributed by atoms with Gasteiger partial charge in [0.25, 0.3) is 0 Å². The minimum absolute atomic E-state index is 0.00203. The molecule has 0 aliphatic heterocycles. The summed E-state index contributed by atoms with van der Waals surface area (Å²) < 4.78 is 0. The molecule has 0 radical (unpaired) electrons. The molecule has 5 heteroatoms. The molecular formula is C16H19ClN2O2. The number of allylic oxidation sites excluding steroid dienone is 2. The first kappa shape index (κ1) is 15.6. The quantitative estimate of drug-likeness (QED) is 0.850. The van der Waals surface area contributed by atoms with Crippen molar-refractivity contribution < 1.29 is 9.59 Å². The smallest absolute Gasteiger partial charge is 0.243 e. The Labute approximate surface area is 129 Å². The normalized spacial score (nSPS) is 16.8. The van der Waals surface area contributed by atoms with Gasteiger partial charge in [0.1, 0.15) is 0 Å². The Balaban J connectivity index is 1.79. The molecule has 0 fully saturated rings. The van der Waals surface area contributed by atoms with Crippen LogP contribution in [0, 0.1) is 5.92 Å². The summed E-state index contributed by atoms with van der Waals surface area (Å²) in [5, 5.41) is 3.36. The lowest BCUT2D eigenvalue weighted by molar-refractivity contribution is -0.133. The molecule has 2 rings (SSSR count). The average Bonchev–Trinajstić information content (AvgIpc) is 2.94. The van der Waals surface area contributed by atoms with E-state index in [1.54, 1.807) is 31.3 Å². The molecule has 21 heavy (non-hydrogen) atoms. The van der Waals surface area contributed by atoms with Gasteiger partial charge in [-0.25, -0.2) is 0 Å². The van der Waals surface area contributed by atoms with Crippen LogP contribution in [0.2, 0.25) is 5.02 Å².